The molecule has 88 valence electrons. The number of aliphatic hydroxyl groups is 1. The quantitative estimate of drug-likeness (QED) is 0.573. The third-order valence-electron chi connectivity index (χ3n) is 2.90. The predicted octanol–water partition coefficient (Wildman–Crippen LogP) is 2.20. The fourth-order valence-electron chi connectivity index (χ4n) is 1.79. The minimum Gasteiger partial charge on any atom is -0.402 e. The second kappa shape index (κ2) is 8.17. The van der Waals surface area contributed by atoms with Crippen molar-refractivity contribution in [2.24, 2.45) is 0 Å². The lowest BCUT2D eigenvalue weighted by Gasteiger charge is -2.32. The van der Waals surface area contributed by atoms with Crippen LogP contribution in [0.4, 0.5) is 0 Å². The van der Waals surface area contributed by atoms with Crippen molar-refractivity contribution >= 4 is 7.85 Å². The van der Waals surface area contributed by atoms with Crippen LogP contribution in [-0.4, -0.2) is 31.0 Å². The zero-order valence-electron chi connectivity index (χ0n) is 10.6. The number of hydrogen-bond donors (Lipinski definition) is 2. The summed E-state index contributed by atoms with van der Waals surface area (Å²) >= 11 is 0. The van der Waals surface area contributed by atoms with Crippen LogP contribution in [0.25, 0.3) is 0 Å². The van der Waals surface area contributed by atoms with Gasteiger partial charge in [0.05, 0.1) is 0 Å². The van der Waals surface area contributed by atoms with E-state index in [9.17, 15) is 0 Å². The highest BCUT2D eigenvalue weighted by Crippen LogP contribution is 2.20. The average molecular weight is 211 g/mol. The van der Waals surface area contributed by atoms with Gasteiger partial charge >= 0.3 is 0 Å². The van der Waals surface area contributed by atoms with Crippen LogP contribution in [0.5, 0.6) is 0 Å². The van der Waals surface area contributed by atoms with Gasteiger partial charge in [0, 0.05) is 18.1 Å². The third-order valence-corrected chi connectivity index (χ3v) is 2.90. The van der Waals surface area contributed by atoms with Gasteiger partial charge in [-0.25, -0.2) is 0 Å². The van der Waals surface area contributed by atoms with Crippen molar-refractivity contribution in [1.82, 2.24) is 5.32 Å². The van der Waals surface area contributed by atoms with Gasteiger partial charge < -0.3 is 10.4 Å². The molecule has 0 aliphatic carbocycles. The maximum atomic E-state index is 9.08. The number of β-amino-alcohol motifs (C(OH)–C–C–N with tert-alkyl or cyclic N) is 1. The predicted molar refractivity (Wildman–Crippen MR) is 67.2 cm³/mol. The van der Waals surface area contributed by atoms with Crippen molar-refractivity contribution in [3.05, 3.63) is 0 Å². The molecule has 1 atom stereocenters. The molecule has 0 aliphatic rings. The second-order valence-corrected chi connectivity index (χ2v) is 4.72. The molecule has 0 aromatic heterocycles. The molecule has 0 fully saturated rings. The molecule has 2 radical (unpaired) electrons. The van der Waals surface area contributed by atoms with Crippen molar-refractivity contribution in [2.75, 3.05) is 6.54 Å². The van der Waals surface area contributed by atoms with E-state index in [1.54, 1.807) is 0 Å². The van der Waals surface area contributed by atoms with Crippen molar-refractivity contribution < 1.29 is 5.11 Å². The van der Waals surface area contributed by atoms with Gasteiger partial charge in [-0.15, -0.1) is 0 Å². The summed E-state index contributed by atoms with van der Waals surface area (Å²) < 4.78 is 0. The molecule has 0 aliphatic heterocycles. The van der Waals surface area contributed by atoms with E-state index in [1.165, 1.54) is 25.7 Å². The first-order valence-corrected chi connectivity index (χ1v) is 6.22. The monoisotopic (exact) mass is 211 g/mol. The largest absolute Gasteiger partial charge is 0.402 e. The number of hydrogen-bond acceptors (Lipinski definition) is 2. The Morgan fingerprint density at radius 3 is 2.00 bits per heavy atom. The first-order chi connectivity index (χ1) is 7.04. The number of rotatable bonds is 9. The van der Waals surface area contributed by atoms with Crippen LogP contribution in [0.2, 0.25) is 0 Å². The van der Waals surface area contributed by atoms with Gasteiger partial charge in [-0.1, -0.05) is 39.5 Å². The standard InChI is InChI=1S/C12H26BNO/c1-4-6-8-12(3,9-7-5-2)14-10-11(13)15/h11,14-15H,4-10H2,1-3H3. The van der Waals surface area contributed by atoms with Crippen molar-refractivity contribution in [3.8, 4) is 0 Å². The van der Waals surface area contributed by atoms with Gasteiger partial charge in [0.2, 0.25) is 0 Å². The van der Waals surface area contributed by atoms with Crippen molar-refractivity contribution in [3.63, 3.8) is 0 Å². The molecule has 0 amide bonds. The van der Waals surface area contributed by atoms with Crippen molar-refractivity contribution in [1.29, 1.82) is 0 Å². The van der Waals surface area contributed by atoms with Gasteiger partial charge in [-0.05, 0) is 19.8 Å². The topological polar surface area (TPSA) is 32.3 Å². The molecule has 0 aromatic carbocycles. The minimum atomic E-state index is -0.743. The highest BCUT2D eigenvalue weighted by molar-refractivity contribution is 6.10. The fourth-order valence-corrected chi connectivity index (χ4v) is 1.79. The summed E-state index contributed by atoms with van der Waals surface area (Å²) in [5, 5.41) is 12.5. The Kier molecular flexibility index (Phi) is 8.17. The SMILES string of the molecule is [B]C(O)CNC(C)(CCCC)CCCC. The van der Waals surface area contributed by atoms with Gasteiger partial charge in [0.25, 0.3) is 0 Å². The van der Waals surface area contributed by atoms with Gasteiger partial charge in [0.15, 0.2) is 0 Å². The second-order valence-electron chi connectivity index (χ2n) is 4.72. The number of unbranched alkanes of at least 4 members (excludes halogenated alkanes) is 2. The Morgan fingerprint density at radius 1 is 1.20 bits per heavy atom. The van der Waals surface area contributed by atoms with Crippen molar-refractivity contribution in [2.45, 2.75) is 70.8 Å². The molecule has 0 rings (SSSR count). The van der Waals surface area contributed by atoms with Crippen LogP contribution in [0.1, 0.15) is 59.3 Å². The highest BCUT2D eigenvalue weighted by Gasteiger charge is 2.22. The summed E-state index contributed by atoms with van der Waals surface area (Å²) in [6, 6.07) is -0.743. The van der Waals surface area contributed by atoms with E-state index in [0.29, 0.717) is 6.54 Å². The minimum absolute atomic E-state index is 0.145. The highest BCUT2D eigenvalue weighted by atomic mass is 16.3. The zero-order valence-corrected chi connectivity index (χ0v) is 10.6. The average Bonchev–Trinajstić information content (AvgIpc) is 2.21. The molecule has 0 saturated heterocycles. The smallest absolute Gasteiger partial charge is 0.110 e. The van der Waals surface area contributed by atoms with Gasteiger partial charge in [-0.3, -0.25) is 0 Å². The molecule has 1 unspecified atom stereocenters. The summed E-state index contributed by atoms with van der Waals surface area (Å²) in [4.78, 5) is 0. The third kappa shape index (κ3) is 7.86. The zero-order chi connectivity index (χ0) is 11.7. The van der Waals surface area contributed by atoms with E-state index in [2.05, 4.69) is 26.1 Å². The Balaban J connectivity index is 4.01. The summed E-state index contributed by atoms with van der Waals surface area (Å²) in [6.45, 7) is 7.14. The molecular formula is C12H26BNO. The Labute approximate surface area is 96.2 Å². The van der Waals surface area contributed by atoms with Crippen LogP contribution in [0.3, 0.4) is 0 Å². The lowest BCUT2D eigenvalue weighted by Crippen LogP contribution is -2.46. The summed E-state index contributed by atoms with van der Waals surface area (Å²) in [5.41, 5.74) is 0.145. The summed E-state index contributed by atoms with van der Waals surface area (Å²) in [7, 11) is 5.35. The molecule has 0 aromatic rings. The summed E-state index contributed by atoms with van der Waals surface area (Å²) in [5.74, 6) is 0. The molecule has 0 bridgehead atoms. The Hall–Kier alpha value is -0.0151. The summed E-state index contributed by atoms with van der Waals surface area (Å²) in [6.07, 6.45) is 7.22. The number of aliphatic hydroxyl groups excluding tert-OH is 1. The first-order valence-electron chi connectivity index (χ1n) is 6.22. The molecule has 3 heteroatoms. The Morgan fingerprint density at radius 2 is 1.67 bits per heavy atom. The molecule has 0 spiro atoms. The molecule has 2 nitrogen and oxygen atoms in total. The normalized spacial score (nSPS) is 14.1. The van der Waals surface area contributed by atoms with Crippen LogP contribution in [-0.2, 0) is 0 Å². The molecule has 0 saturated carbocycles. The van der Waals surface area contributed by atoms with Gasteiger partial charge in [0.1, 0.15) is 7.85 Å². The van der Waals surface area contributed by atoms with Crippen LogP contribution in [0.15, 0.2) is 0 Å². The maximum absolute atomic E-state index is 9.08. The molecule has 0 heterocycles. The molecular weight excluding hydrogens is 185 g/mol. The maximum Gasteiger partial charge on any atom is 0.110 e. The van der Waals surface area contributed by atoms with E-state index in [1.807, 2.05) is 0 Å². The number of nitrogens with one attached hydrogen (secondary N) is 1. The van der Waals surface area contributed by atoms with E-state index in [-0.39, 0.29) is 5.54 Å². The Bertz CT molecular complexity index is 143. The van der Waals surface area contributed by atoms with E-state index in [4.69, 9.17) is 13.0 Å². The fraction of sp³-hybridized carbons (Fsp3) is 1.00. The molecule has 2 N–H and O–H groups in total. The van der Waals surface area contributed by atoms with Crippen LogP contribution < -0.4 is 5.32 Å². The van der Waals surface area contributed by atoms with E-state index in [0.717, 1.165) is 12.8 Å². The van der Waals surface area contributed by atoms with E-state index >= 15 is 0 Å². The first kappa shape index (κ1) is 15.0. The van der Waals surface area contributed by atoms with Crippen LogP contribution >= 0.6 is 0 Å². The molecule has 15 heavy (non-hydrogen) atoms. The lowest BCUT2D eigenvalue weighted by molar-refractivity contribution is 0.211. The van der Waals surface area contributed by atoms with Gasteiger partial charge in [-0.2, -0.15) is 0 Å². The lowest BCUT2D eigenvalue weighted by atomic mass is 9.88. The van der Waals surface area contributed by atoms with E-state index < -0.39 is 6.00 Å². The van der Waals surface area contributed by atoms with Crippen LogP contribution in [0, 0.1) is 0 Å².